The molecule has 0 bridgehead atoms. The van der Waals surface area contributed by atoms with Gasteiger partial charge in [0.05, 0.1) is 25.7 Å². The molecule has 0 radical (unpaired) electrons. The Morgan fingerprint density at radius 1 is 0.914 bits per heavy atom. The molecule has 4 rings (SSSR count). The molecule has 0 unspecified atom stereocenters. The van der Waals surface area contributed by atoms with Gasteiger partial charge in [0.15, 0.2) is 23.0 Å². The Hall–Kier alpha value is -3.76. The lowest BCUT2D eigenvalue weighted by Crippen LogP contribution is -2.40. The van der Waals surface area contributed by atoms with Crippen LogP contribution in [-0.2, 0) is 27.9 Å². The molecule has 0 saturated carbocycles. The van der Waals surface area contributed by atoms with Crippen molar-refractivity contribution in [1.29, 1.82) is 0 Å². The third kappa shape index (κ3) is 5.67. The minimum absolute atomic E-state index is 0.00495. The smallest absolute Gasteiger partial charge is 0.243 e. The van der Waals surface area contributed by atoms with Gasteiger partial charge in [-0.3, -0.25) is 4.79 Å². The second-order valence-corrected chi connectivity index (χ2v) is 9.68. The Balaban J connectivity index is 1.53. The molecule has 0 aromatic heterocycles. The molecule has 35 heavy (non-hydrogen) atoms. The minimum atomic E-state index is -4.04. The van der Waals surface area contributed by atoms with Crippen LogP contribution >= 0.6 is 0 Å². The molecule has 9 nitrogen and oxygen atoms in total. The summed E-state index contributed by atoms with van der Waals surface area (Å²) in [5.41, 5.74) is 1.56. The number of hydrogen-bond acceptors (Lipinski definition) is 7. The molecule has 1 aliphatic rings. The average molecular weight is 499 g/mol. The van der Waals surface area contributed by atoms with Gasteiger partial charge in [0.25, 0.3) is 0 Å². The monoisotopic (exact) mass is 498 g/mol. The molecule has 1 heterocycles. The number of nitrogens with zero attached hydrogens (tertiary/aromatic N) is 1. The van der Waals surface area contributed by atoms with E-state index in [0.717, 1.165) is 15.4 Å². The van der Waals surface area contributed by atoms with E-state index < -0.39 is 15.9 Å². The number of benzene rings is 3. The fraction of sp³-hybridized carbons (Fsp3) is 0.240. The maximum atomic E-state index is 13.6. The number of nitrogens with one attached hydrogen (secondary N) is 1. The van der Waals surface area contributed by atoms with Crippen molar-refractivity contribution in [1.82, 2.24) is 9.62 Å². The normalized spacial score (nSPS) is 12.4. The summed E-state index contributed by atoms with van der Waals surface area (Å²) in [7, 11) is -1.14. The van der Waals surface area contributed by atoms with Gasteiger partial charge < -0.3 is 24.3 Å². The molecular weight excluding hydrogens is 472 g/mol. The van der Waals surface area contributed by atoms with E-state index in [-0.39, 0.29) is 37.1 Å². The van der Waals surface area contributed by atoms with Gasteiger partial charge in [-0.1, -0.05) is 36.4 Å². The fourth-order valence-electron chi connectivity index (χ4n) is 3.61. The molecule has 0 saturated heterocycles. The largest absolute Gasteiger partial charge is 0.493 e. The van der Waals surface area contributed by atoms with Crippen LogP contribution in [0.2, 0.25) is 0 Å². The summed E-state index contributed by atoms with van der Waals surface area (Å²) >= 11 is 0. The summed E-state index contributed by atoms with van der Waals surface area (Å²) in [6, 6.07) is 18.8. The van der Waals surface area contributed by atoms with E-state index in [4.69, 9.17) is 18.9 Å². The summed E-state index contributed by atoms with van der Waals surface area (Å²) in [6.07, 6.45) is 0. The number of hydrogen-bond donors (Lipinski definition) is 1. The van der Waals surface area contributed by atoms with Crippen molar-refractivity contribution in [2.24, 2.45) is 0 Å². The first-order chi connectivity index (χ1) is 16.9. The molecule has 1 N–H and O–H groups in total. The number of sulfonamides is 1. The van der Waals surface area contributed by atoms with Crippen molar-refractivity contribution in [2.75, 3.05) is 27.6 Å². The molecule has 1 aliphatic heterocycles. The number of fused-ring (bicyclic) bond motifs is 1. The quantitative estimate of drug-likeness (QED) is 0.458. The zero-order valence-corrected chi connectivity index (χ0v) is 20.2. The van der Waals surface area contributed by atoms with Gasteiger partial charge in [-0.25, -0.2) is 8.42 Å². The summed E-state index contributed by atoms with van der Waals surface area (Å²) < 4.78 is 49.4. The van der Waals surface area contributed by atoms with Crippen LogP contribution in [0, 0.1) is 0 Å². The average Bonchev–Trinajstić information content (AvgIpc) is 3.35. The van der Waals surface area contributed by atoms with Crippen molar-refractivity contribution in [2.45, 2.75) is 18.0 Å². The highest BCUT2D eigenvalue weighted by Gasteiger charge is 2.28. The van der Waals surface area contributed by atoms with E-state index in [1.54, 1.807) is 12.1 Å². The topological polar surface area (TPSA) is 103 Å². The first-order valence-corrected chi connectivity index (χ1v) is 12.3. The van der Waals surface area contributed by atoms with Gasteiger partial charge in [0.1, 0.15) is 0 Å². The predicted octanol–water partition coefficient (Wildman–Crippen LogP) is 2.94. The molecule has 1 amide bonds. The molecular formula is C25H26N2O7S. The molecule has 0 fully saturated rings. The minimum Gasteiger partial charge on any atom is -0.493 e. The lowest BCUT2D eigenvalue weighted by Gasteiger charge is -2.22. The molecule has 0 atom stereocenters. The van der Waals surface area contributed by atoms with Gasteiger partial charge in [0.2, 0.25) is 22.7 Å². The van der Waals surface area contributed by atoms with Crippen LogP contribution < -0.4 is 24.3 Å². The van der Waals surface area contributed by atoms with Gasteiger partial charge >= 0.3 is 0 Å². The van der Waals surface area contributed by atoms with Gasteiger partial charge in [-0.2, -0.15) is 4.31 Å². The summed E-state index contributed by atoms with van der Waals surface area (Å²) in [5.74, 6) is 1.50. The van der Waals surface area contributed by atoms with Crippen LogP contribution in [-0.4, -0.2) is 46.2 Å². The van der Waals surface area contributed by atoms with Gasteiger partial charge in [-0.15, -0.1) is 0 Å². The Morgan fingerprint density at radius 3 is 2.40 bits per heavy atom. The van der Waals surface area contributed by atoms with E-state index in [1.807, 2.05) is 36.4 Å². The Bertz CT molecular complexity index is 1300. The maximum absolute atomic E-state index is 13.6. The molecule has 0 spiro atoms. The zero-order valence-electron chi connectivity index (χ0n) is 19.4. The number of carbonyl (C=O) groups is 1. The van der Waals surface area contributed by atoms with Crippen molar-refractivity contribution in [3.05, 3.63) is 77.9 Å². The molecule has 184 valence electrons. The van der Waals surface area contributed by atoms with Crippen molar-refractivity contribution in [3.63, 3.8) is 0 Å². The lowest BCUT2D eigenvalue weighted by atomic mass is 10.2. The SMILES string of the molecule is COc1ccc(S(=O)(=O)N(CC(=O)NCc2ccc3c(c2)OCO3)Cc2ccccc2)cc1OC. The highest BCUT2D eigenvalue weighted by Crippen LogP contribution is 2.33. The second kappa shape index (κ2) is 10.7. The van der Waals surface area contributed by atoms with Crippen LogP contribution in [0.4, 0.5) is 0 Å². The van der Waals surface area contributed by atoms with Crippen molar-refractivity contribution >= 4 is 15.9 Å². The Kier molecular flexibility index (Phi) is 7.42. The van der Waals surface area contributed by atoms with Crippen LogP contribution in [0.5, 0.6) is 23.0 Å². The van der Waals surface area contributed by atoms with E-state index in [1.165, 1.54) is 32.4 Å². The van der Waals surface area contributed by atoms with E-state index in [2.05, 4.69) is 5.32 Å². The van der Waals surface area contributed by atoms with E-state index >= 15 is 0 Å². The van der Waals surface area contributed by atoms with Gasteiger partial charge in [-0.05, 0) is 35.4 Å². The van der Waals surface area contributed by atoms with Gasteiger partial charge in [0, 0.05) is 19.2 Å². The highest BCUT2D eigenvalue weighted by molar-refractivity contribution is 7.89. The number of methoxy groups -OCH3 is 2. The molecule has 10 heteroatoms. The number of ether oxygens (including phenoxy) is 4. The molecule has 3 aromatic rings. The highest BCUT2D eigenvalue weighted by atomic mass is 32.2. The molecule has 3 aromatic carbocycles. The molecule has 0 aliphatic carbocycles. The van der Waals surface area contributed by atoms with E-state index in [9.17, 15) is 13.2 Å². The lowest BCUT2D eigenvalue weighted by molar-refractivity contribution is -0.121. The van der Waals surface area contributed by atoms with E-state index in [0.29, 0.717) is 17.2 Å². The number of carbonyl (C=O) groups excluding carboxylic acids is 1. The maximum Gasteiger partial charge on any atom is 0.243 e. The predicted molar refractivity (Wildman–Crippen MR) is 128 cm³/mol. The Labute approximate surface area is 204 Å². The third-order valence-electron chi connectivity index (χ3n) is 5.44. The summed E-state index contributed by atoms with van der Waals surface area (Å²) in [4.78, 5) is 12.8. The van der Waals surface area contributed by atoms with Crippen LogP contribution in [0.1, 0.15) is 11.1 Å². The summed E-state index contributed by atoms with van der Waals surface area (Å²) in [6.45, 7) is 0.0315. The first-order valence-electron chi connectivity index (χ1n) is 10.8. The van der Waals surface area contributed by atoms with Crippen molar-refractivity contribution in [3.8, 4) is 23.0 Å². The fourth-order valence-corrected chi connectivity index (χ4v) is 5.01. The number of amides is 1. The third-order valence-corrected chi connectivity index (χ3v) is 7.23. The number of rotatable bonds is 10. The zero-order chi connectivity index (χ0) is 24.8. The summed E-state index contributed by atoms with van der Waals surface area (Å²) in [5, 5.41) is 2.78. The first kappa shape index (κ1) is 24.4. The Morgan fingerprint density at radius 2 is 1.66 bits per heavy atom. The second-order valence-electron chi connectivity index (χ2n) is 7.74. The van der Waals surface area contributed by atoms with Crippen LogP contribution in [0.3, 0.4) is 0 Å². The van der Waals surface area contributed by atoms with Crippen molar-refractivity contribution < 1.29 is 32.2 Å². The standard InChI is InChI=1S/C25H26N2O7S/c1-31-21-11-9-20(13-23(21)32-2)35(29,30)27(15-18-6-4-3-5-7-18)16-25(28)26-14-19-8-10-22-24(12-19)34-17-33-22/h3-13H,14-17H2,1-2H3,(H,26,28). The van der Waals surface area contributed by atoms with Crippen LogP contribution in [0.15, 0.2) is 71.6 Å². The van der Waals surface area contributed by atoms with Crippen LogP contribution in [0.25, 0.3) is 0 Å².